The molecule has 0 saturated heterocycles. The number of fused-ring (bicyclic) bond motifs is 1. The van der Waals surface area contributed by atoms with E-state index >= 15 is 0 Å². The zero-order valence-electron chi connectivity index (χ0n) is 19.3. The Morgan fingerprint density at radius 1 is 1.18 bits per heavy atom. The lowest BCUT2D eigenvalue weighted by Gasteiger charge is -2.20. The Morgan fingerprint density at radius 3 is 2.56 bits per heavy atom. The number of hydrogen-bond acceptors (Lipinski definition) is 9. The summed E-state index contributed by atoms with van der Waals surface area (Å²) >= 11 is 0. The van der Waals surface area contributed by atoms with E-state index in [1.807, 2.05) is 0 Å². The number of ketones is 1. The summed E-state index contributed by atoms with van der Waals surface area (Å²) in [5.41, 5.74) is 0.142. The highest BCUT2D eigenvalue weighted by Gasteiger charge is 2.25. The fourth-order valence-electron chi connectivity index (χ4n) is 3.07. The lowest BCUT2D eigenvalue weighted by molar-refractivity contribution is -0.127. The molecule has 1 aromatic rings. The van der Waals surface area contributed by atoms with Gasteiger partial charge >= 0.3 is 5.97 Å². The number of phenolic OH excluding ortho intramolecular Hbond substituents is 1. The molecule has 4 atom stereocenters. The van der Waals surface area contributed by atoms with E-state index in [4.69, 9.17) is 9.47 Å². The second kappa shape index (κ2) is 12.1. The molecule has 0 aliphatic carbocycles. The van der Waals surface area contributed by atoms with Gasteiger partial charge in [0, 0.05) is 18.5 Å². The molecule has 4 N–H and O–H groups in total. The zero-order chi connectivity index (χ0) is 25.5. The van der Waals surface area contributed by atoms with Crippen LogP contribution in [0.4, 0.5) is 0 Å². The Bertz CT molecular complexity index is 1050. The SMILES string of the molecule is C[C@@H]1/C=C\C(=O)[C@@H](O)[C@@H](O)C/C=C/c2cc(OCCCNS(C)(=O)=O)cc(O)c2C(=O)O[C@H]1C. The van der Waals surface area contributed by atoms with E-state index < -0.39 is 40.1 Å². The molecule has 34 heavy (non-hydrogen) atoms. The first kappa shape index (κ1) is 27.5. The van der Waals surface area contributed by atoms with Crippen molar-refractivity contribution in [2.75, 3.05) is 19.4 Å². The summed E-state index contributed by atoms with van der Waals surface area (Å²) in [4.78, 5) is 24.9. The molecule has 188 valence electrons. The van der Waals surface area contributed by atoms with Crippen molar-refractivity contribution in [3.05, 3.63) is 41.5 Å². The number of aliphatic hydroxyl groups excluding tert-OH is 2. The largest absolute Gasteiger partial charge is 0.507 e. The fraction of sp³-hybridized carbons (Fsp3) is 0.478. The summed E-state index contributed by atoms with van der Waals surface area (Å²) in [6, 6.07) is 2.75. The molecule has 0 amide bonds. The van der Waals surface area contributed by atoms with Gasteiger partial charge in [0.1, 0.15) is 29.3 Å². The van der Waals surface area contributed by atoms with Gasteiger partial charge in [-0.3, -0.25) is 4.79 Å². The summed E-state index contributed by atoms with van der Waals surface area (Å²) in [5.74, 6) is -1.98. The number of hydrogen-bond donors (Lipinski definition) is 4. The van der Waals surface area contributed by atoms with Crippen molar-refractivity contribution in [3.63, 3.8) is 0 Å². The minimum atomic E-state index is -3.31. The van der Waals surface area contributed by atoms with Gasteiger partial charge in [-0.15, -0.1) is 0 Å². The average molecular weight is 498 g/mol. The molecule has 0 aromatic heterocycles. The normalized spacial score (nSPS) is 26.1. The van der Waals surface area contributed by atoms with Gasteiger partial charge in [0.2, 0.25) is 10.0 Å². The van der Waals surface area contributed by atoms with Crippen LogP contribution < -0.4 is 9.46 Å². The molecule has 0 saturated carbocycles. The molecule has 0 fully saturated rings. The van der Waals surface area contributed by atoms with E-state index in [-0.39, 0.29) is 48.1 Å². The van der Waals surface area contributed by atoms with Crippen LogP contribution >= 0.6 is 0 Å². The van der Waals surface area contributed by atoms with E-state index in [1.165, 1.54) is 30.4 Å². The van der Waals surface area contributed by atoms with E-state index in [1.54, 1.807) is 13.8 Å². The van der Waals surface area contributed by atoms with Crippen molar-refractivity contribution in [2.24, 2.45) is 5.92 Å². The molecule has 0 unspecified atom stereocenters. The number of rotatable bonds is 6. The van der Waals surface area contributed by atoms with Gasteiger partial charge in [-0.25, -0.2) is 17.9 Å². The van der Waals surface area contributed by atoms with Gasteiger partial charge in [-0.2, -0.15) is 0 Å². The first-order chi connectivity index (χ1) is 15.9. The summed E-state index contributed by atoms with van der Waals surface area (Å²) in [6.45, 7) is 3.66. The van der Waals surface area contributed by atoms with Gasteiger partial charge in [-0.1, -0.05) is 25.2 Å². The van der Waals surface area contributed by atoms with E-state index in [0.29, 0.717) is 6.42 Å². The van der Waals surface area contributed by atoms with Gasteiger partial charge < -0.3 is 24.8 Å². The first-order valence-electron chi connectivity index (χ1n) is 10.8. The molecular weight excluding hydrogens is 466 g/mol. The van der Waals surface area contributed by atoms with Crippen LogP contribution in [0.25, 0.3) is 6.08 Å². The Kier molecular flexibility index (Phi) is 9.80. The number of ether oxygens (including phenoxy) is 2. The number of benzene rings is 1. The lowest BCUT2D eigenvalue weighted by Crippen LogP contribution is -2.32. The Morgan fingerprint density at radius 2 is 1.88 bits per heavy atom. The van der Waals surface area contributed by atoms with Gasteiger partial charge in [-0.05, 0) is 37.5 Å². The topological polar surface area (TPSA) is 159 Å². The number of carbonyl (C=O) groups excluding carboxylic acids is 2. The van der Waals surface area contributed by atoms with Crippen LogP contribution in [-0.4, -0.2) is 73.2 Å². The average Bonchev–Trinajstić information content (AvgIpc) is 2.74. The monoisotopic (exact) mass is 497 g/mol. The summed E-state index contributed by atoms with van der Waals surface area (Å²) in [6.07, 6.45) is 3.22. The summed E-state index contributed by atoms with van der Waals surface area (Å²) in [5, 5.41) is 30.7. The Balaban J connectivity index is 2.31. The molecule has 0 radical (unpaired) electrons. The van der Waals surface area contributed by atoms with Crippen molar-refractivity contribution < 1.29 is 42.8 Å². The number of cyclic esters (lactones) is 1. The predicted octanol–water partition coefficient (Wildman–Crippen LogP) is 1.16. The number of sulfonamides is 1. The zero-order valence-corrected chi connectivity index (χ0v) is 20.1. The Hall–Kier alpha value is -2.73. The number of aromatic hydroxyl groups is 1. The highest BCUT2D eigenvalue weighted by molar-refractivity contribution is 7.88. The minimum Gasteiger partial charge on any atom is -0.507 e. The molecule has 1 aliphatic heterocycles. The predicted molar refractivity (Wildman–Crippen MR) is 125 cm³/mol. The lowest BCUT2D eigenvalue weighted by atomic mass is 9.99. The third-order valence-electron chi connectivity index (χ3n) is 5.21. The molecule has 10 nitrogen and oxygen atoms in total. The first-order valence-corrected chi connectivity index (χ1v) is 12.7. The number of carbonyl (C=O) groups is 2. The highest BCUT2D eigenvalue weighted by atomic mass is 32.2. The maximum atomic E-state index is 12.8. The van der Waals surface area contributed by atoms with Crippen LogP contribution in [0.2, 0.25) is 0 Å². The highest BCUT2D eigenvalue weighted by Crippen LogP contribution is 2.31. The number of nitrogens with one attached hydrogen (secondary N) is 1. The van der Waals surface area contributed by atoms with Crippen molar-refractivity contribution in [1.82, 2.24) is 4.72 Å². The van der Waals surface area contributed by atoms with Crippen molar-refractivity contribution >= 4 is 27.9 Å². The van der Waals surface area contributed by atoms with Crippen LogP contribution in [0.3, 0.4) is 0 Å². The van der Waals surface area contributed by atoms with Crippen LogP contribution in [0, 0.1) is 5.92 Å². The van der Waals surface area contributed by atoms with E-state index in [9.17, 15) is 33.3 Å². The van der Waals surface area contributed by atoms with Crippen molar-refractivity contribution in [3.8, 4) is 11.5 Å². The fourth-order valence-corrected chi connectivity index (χ4v) is 3.58. The number of aliphatic hydroxyl groups is 2. The molecular formula is C23H31NO9S. The second-order valence-electron chi connectivity index (χ2n) is 8.16. The quantitative estimate of drug-likeness (QED) is 0.334. The minimum absolute atomic E-state index is 0.0931. The molecule has 1 aliphatic rings. The van der Waals surface area contributed by atoms with Crippen LogP contribution in [0.5, 0.6) is 11.5 Å². The maximum absolute atomic E-state index is 12.8. The van der Waals surface area contributed by atoms with E-state index in [0.717, 1.165) is 12.3 Å². The molecule has 1 aromatic carbocycles. The van der Waals surface area contributed by atoms with E-state index in [2.05, 4.69) is 4.72 Å². The number of esters is 1. The number of phenols is 1. The van der Waals surface area contributed by atoms with Gasteiger partial charge in [0.15, 0.2) is 5.78 Å². The van der Waals surface area contributed by atoms with Crippen LogP contribution in [0.1, 0.15) is 42.6 Å². The molecule has 11 heteroatoms. The Labute approximate surface area is 198 Å². The van der Waals surface area contributed by atoms with Crippen LogP contribution in [0.15, 0.2) is 30.4 Å². The van der Waals surface area contributed by atoms with Gasteiger partial charge in [0.25, 0.3) is 0 Å². The molecule has 1 heterocycles. The molecule has 2 rings (SSSR count). The second-order valence-corrected chi connectivity index (χ2v) is 9.99. The third-order valence-corrected chi connectivity index (χ3v) is 5.94. The smallest absolute Gasteiger partial charge is 0.342 e. The van der Waals surface area contributed by atoms with Crippen molar-refractivity contribution in [1.29, 1.82) is 0 Å². The molecule has 0 spiro atoms. The third kappa shape index (κ3) is 8.24. The van der Waals surface area contributed by atoms with Crippen molar-refractivity contribution in [2.45, 2.75) is 45.0 Å². The van der Waals surface area contributed by atoms with Crippen LogP contribution in [-0.2, 0) is 19.6 Å². The summed E-state index contributed by atoms with van der Waals surface area (Å²) < 4.78 is 35.6. The van der Waals surface area contributed by atoms with Gasteiger partial charge in [0.05, 0.1) is 19.0 Å². The maximum Gasteiger partial charge on any atom is 0.342 e. The summed E-state index contributed by atoms with van der Waals surface area (Å²) in [7, 11) is -3.31. The standard InChI is InChI=1S/C23H31NO9S/c1-14-8-9-19(26)22(28)18(25)7-4-6-16-12-17(32-11-5-10-24-34(3,30)31)13-20(27)21(16)23(29)33-15(14)2/h4,6,8-9,12-15,18,22,24-25,27-28H,5,7,10-11H2,1-3H3/b6-4+,9-8-/t14-,15+,18+,22+/m1/s1. The molecule has 0 bridgehead atoms.